The Hall–Kier alpha value is -3.61. The lowest BCUT2D eigenvalue weighted by Crippen LogP contribution is -2.34. The third-order valence-electron chi connectivity index (χ3n) is 4.26. The van der Waals surface area contributed by atoms with Gasteiger partial charge in [0.1, 0.15) is 11.6 Å². The predicted octanol–water partition coefficient (Wildman–Crippen LogP) is 4.24. The van der Waals surface area contributed by atoms with Crippen LogP contribution >= 0.6 is 0 Å². The number of likely N-dealkylation sites (N-methyl/N-ethyl adjacent to an activating group) is 1. The average Bonchev–Trinajstić information content (AvgIpc) is 3.26. The van der Waals surface area contributed by atoms with Crippen molar-refractivity contribution in [2.75, 3.05) is 23.4 Å². The number of rotatable bonds is 8. The van der Waals surface area contributed by atoms with E-state index in [1.807, 2.05) is 6.07 Å². The molecule has 0 unspecified atom stereocenters. The van der Waals surface area contributed by atoms with Gasteiger partial charge in [0.15, 0.2) is 6.61 Å². The van der Waals surface area contributed by atoms with Crippen LogP contribution in [-0.2, 0) is 16.1 Å². The third kappa shape index (κ3) is 5.22. The highest BCUT2D eigenvalue weighted by Crippen LogP contribution is 2.19. The van der Waals surface area contributed by atoms with Gasteiger partial charge in [0, 0.05) is 17.9 Å². The number of carbonyl (C=O) groups is 2. The number of esters is 1. The molecule has 0 saturated heterocycles. The molecule has 1 aromatic heterocycles. The number of ether oxygens (including phenoxy) is 1. The Kier molecular flexibility index (Phi) is 6.63. The number of nitrogens with zero attached hydrogens (tertiary/aromatic N) is 1. The van der Waals surface area contributed by atoms with Crippen molar-refractivity contribution in [1.82, 2.24) is 0 Å². The second kappa shape index (κ2) is 9.54. The summed E-state index contributed by atoms with van der Waals surface area (Å²) in [5.74, 6) is -0.673. The fourth-order valence-electron chi connectivity index (χ4n) is 2.82. The summed E-state index contributed by atoms with van der Waals surface area (Å²) in [5.41, 5.74) is 1.43. The van der Waals surface area contributed by atoms with Crippen LogP contribution in [0.1, 0.15) is 23.0 Å². The number of amides is 1. The number of furan rings is 1. The monoisotopic (exact) mass is 396 g/mol. The zero-order chi connectivity index (χ0) is 20.6. The first-order chi connectivity index (χ1) is 14.1. The second-order valence-corrected chi connectivity index (χ2v) is 6.17. The molecule has 3 rings (SSSR count). The molecule has 0 saturated carbocycles. The first-order valence-corrected chi connectivity index (χ1v) is 9.17. The number of nitrogens with one attached hydrogen (secondary N) is 1. The molecule has 6 nitrogen and oxygen atoms in total. The Morgan fingerprint density at radius 1 is 1.07 bits per heavy atom. The lowest BCUT2D eigenvalue weighted by molar-refractivity contribution is -0.121. The summed E-state index contributed by atoms with van der Waals surface area (Å²) in [7, 11) is 0. The van der Waals surface area contributed by atoms with Crippen LogP contribution in [0.4, 0.5) is 15.8 Å². The number of benzene rings is 2. The van der Waals surface area contributed by atoms with E-state index in [0.717, 1.165) is 5.76 Å². The summed E-state index contributed by atoms with van der Waals surface area (Å²) >= 11 is 0. The highest BCUT2D eigenvalue weighted by molar-refractivity contribution is 5.99. The average molecular weight is 396 g/mol. The Labute approximate surface area is 167 Å². The van der Waals surface area contributed by atoms with Crippen molar-refractivity contribution in [3.05, 3.63) is 84.1 Å². The van der Waals surface area contributed by atoms with E-state index in [9.17, 15) is 14.0 Å². The van der Waals surface area contributed by atoms with Gasteiger partial charge in [0.05, 0.1) is 18.4 Å². The first-order valence-electron chi connectivity index (χ1n) is 9.17. The van der Waals surface area contributed by atoms with Gasteiger partial charge in [0.2, 0.25) is 0 Å². The van der Waals surface area contributed by atoms with E-state index in [2.05, 4.69) is 5.32 Å². The molecule has 3 aromatic rings. The number of hydrogen-bond acceptors (Lipinski definition) is 5. The van der Waals surface area contributed by atoms with E-state index in [1.165, 1.54) is 29.2 Å². The zero-order valence-corrected chi connectivity index (χ0v) is 15.9. The van der Waals surface area contributed by atoms with Crippen LogP contribution in [0, 0.1) is 5.82 Å². The Morgan fingerprint density at radius 3 is 2.52 bits per heavy atom. The standard InChI is InChI=1S/C22H21FN2O4/c1-2-25(17-11-9-16(23)10-12-17)21(26)15-29-22(27)19-7-3-4-8-20(19)24-14-18-6-5-13-28-18/h3-13,24H,2,14-15H2,1H3. The van der Waals surface area contributed by atoms with Gasteiger partial charge in [-0.05, 0) is 55.5 Å². The largest absolute Gasteiger partial charge is 0.467 e. The van der Waals surface area contributed by atoms with Crippen LogP contribution in [0.25, 0.3) is 0 Å². The van der Waals surface area contributed by atoms with Gasteiger partial charge in [-0.2, -0.15) is 0 Å². The van der Waals surface area contributed by atoms with Gasteiger partial charge in [-0.1, -0.05) is 12.1 Å². The Morgan fingerprint density at radius 2 is 1.83 bits per heavy atom. The smallest absolute Gasteiger partial charge is 0.340 e. The van der Waals surface area contributed by atoms with E-state index in [-0.39, 0.29) is 5.82 Å². The van der Waals surface area contributed by atoms with Gasteiger partial charge in [-0.15, -0.1) is 0 Å². The molecule has 0 aliphatic carbocycles. The molecule has 0 aliphatic rings. The summed E-state index contributed by atoms with van der Waals surface area (Å²) in [6, 6.07) is 16.0. The first kappa shape index (κ1) is 20.1. The van der Waals surface area contributed by atoms with Crippen molar-refractivity contribution in [2.24, 2.45) is 0 Å². The molecule has 1 heterocycles. The molecule has 0 atom stereocenters. The number of anilines is 2. The number of carbonyl (C=O) groups excluding carboxylic acids is 2. The lowest BCUT2D eigenvalue weighted by atomic mass is 10.2. The maximum absolute atomic E-state index is 13.1. The number of para-hydroxylation sites is 1. The maximum Gasteiger partial charge on any atom is 0.340 e. The van der Waals surface area contributed by atoms with Crippen molar-refractivity contribution in [1.29, 1.82) is 0 Å². The van der Waals surface area contributed by atoms with Crippen LogP contribution in [0.15, 0.2) is 71.3 Å². The van der Waals surface area contributed by atoms with Crippen molar-refractivity contribution in [3.63, 3.8) is 0 Å². The van der Waals surface area contributed by atoms with Gasteiger partial charge < -0.3 is 19.4 Å². The van der Waals surface area contributed by atoms with Crippen molar-refractivity contribution in [2.45, 2.75) is 13.5 Å². The summed E-state index contributed by atoms with van der Waals surface area (Å²) < 4.78 is 23.6. The van der Waals surface area contributed by atoms with Crippen LogP contribution in [-0.4, -0.2) is 25.0 Å². The SMILES string of the molecule is CCN(C(=O)COC(=O)c1ccccc1NCc1ccco1)c1ccc(F)cc1. The van der Waals surface area contributed by atoms with E-state index in [0.29, 0.717) is 30.0 Å². The van der Waals surface area contributed by atoms with E-state index < -0.39 is 18.5 Å². The van der Waals surface area contributed by atoms with Crippen LogP contribution in [0.3, 0.4) is 0 Å². The molecule has 0 bridgehead atoms. The molecule has 29 heavy (non-hydrogen) atoms. The quantitative estimate of drug-likeness (QED) is 0.577. The topological polar surface area (TPSA) is 71.8 Å². The predicted molar refractivity (Wildman–Crippen MR) is 107 cm³/mol. The number of halogens is 1. The molecule has 0 aliphatic heterocycles. The van der Waals surface area contributed by atoms with Gasteiger partial charge in [-0.25, -0.2) is 9.18 Å². The van der Waals surface area contributed by atoms with E-state index >= 15 is 0 Å². The Bertz CT molecular complexity index is 955. The zero-order valence-electron chi connectivity index (χ0n) is 15.9. The third-order valence-corrected chi connectivity index (χ3v) is 4.26. The van der Waals surface area contributed by atoms with Crippen LogP contribution in [0.2, 0.25) is 0 Å². The highest BCUT2D eigenvalue weighted by Gasteiger charge is 2.18. The second-order valence-electron chi connectivity index (χ2n) is 6.17. The molecule has 0 spiro atoms. The minimum atomic E-state index is -0.615. The van der Waals surface area contributed by atoms with Crippen molar-refractivity contribution < 1.29 is 23.1 Å². The van der Waals surface area contributed by atoms with E-state index in [4.69, 9.17) is 9.15 Å². The highest BCUT2D eigenvalue weighted by atomic mass is 19.1. The fraction of sp³-hybridized carbons (Fsp3) is 0.182. The molecule has 1 N–H and O–H groups in total. The fourth-order valence-corrected chi connectivity index (χ4v) is 2.82. The molecular weight excluding hydrogens is 375 g/mol. The maximum atomic E-state index is 13.1. The minimum Gasteiger partial charge on any atom is -0.467 e. The van der Waals surface area contributed by atoms with Gasteiger partial charge in [-0.3, -0.25) is 4.79 Å². The molecule has 1 amide bonds. The molecule has 2 aromatic carbocycles. The lowest BCUT2D eigenvalue weighted by Gasteiger charge is -2.21. The summed E-state index contributed by atoms with van der Waals surface area (Å²) in [6.45, 7) is 2.14. The molecule has 0 fully saturated rings. The number of hydrogen-bond donors (Lipinski definition) is 1. The molecule has 7 heteroatoms. The molecular formula is C22H21FN2O4. The molecule has 0 radical (unpaired) electrons. The van der Waals surface area contributed by atoms with Crippen molar-refractivity contribution in [3.8, 4) is 0 Å². The molecule has 150 valence electrons. The minimum absolute atomic E-state index is 0.316. The summed E-state index contributed by atoms with van der Waals surface area (Å²) in [6.07, 6.45) is 1.57. The summed E-state index contributed by atoms with van der Waals surface area (Å²) in [4.78, 5) is 26.4. The van der Waals surface area contributed by atoms with Crippen LogP contribution < -0.4 is 10.2 Å². The van der Waals surface area contributed by atoms with Gasteiger partial charge in [0.25, 0.3) is 5.91 Å². The summed E-state index contributed by atoms with van der Waals surface area (Å²) in [5, 5.41) is 3.12. The van der Waals surface area contributed by atoms with Gasteiger partial charge >= 0.3 is 5.97 Å². The normalized spacial score (nSPS) is 10.4. The van der Waals surface area contributed by atoms with Crippen LogP contribution in [0.5, 0.6) is 0 Å². The van der Waals surface area contributed by atoms with Crippen molar-refractivity contribution >= 4 is 23.3 Å². The Balaban J connectivity index is 1.62. The van der Waals surface area contributed by atoms with E-state index in [1.54, 1.807) is 43.5 Å².